The van der Waals surface area contributed by atoms with E-state index in [4.69, 9.17) is 16.7 Å². The quantitative estimate of drug-likeness (QED) is 0.877. The molecule has 2 rings (SSSR count). The molecule has 4 heteroatoms. The topological polar surface area (TPSA) is 37.3 Å². The second kappa shape index (κ2) is 4.90. The third kappa shape index (κ3) is 2.29. The average molecular weight is 321 g/mol. The van der Waals surface area contributed by atoms with Crippen molar-refractivity contribution in [3.8, 4) is 0 Å². The molecule has 0 heterocycles. The number of rotatable bonds is 1. The molecule has 2 aromatic rings. The van der Waals surface area contributed by atoms with Crippen LogP contribution in [0.3, 0.4) is 0 Å². The van der Waals surface area contributed by atoms with E-state index in [2.05, 4.69) is 0 Å². The molecule has 0 bridgehead atoms. The van der Waals surface area contributed by atoms with E-state index in [0.29, 0.717) is 10.4 Å². The molecule has 0 unspecified atom stereocenters. The van der Waals surface area contributed by atoms with Crippen molar-refractivity contribution in [2.24, 2.45) is 0 Å². The van der Waals surface area contributed by atoms with E-state index in [0.717, 1.165) is 5.39 Å². The minimum absolute atomic E-state index is 0. The first-order valence-electron chi connectivity index (χ1n) is 4.10. The van der Waals surface area contributed by atoms with Crippen LogP contribution in [0.25, 0.3) is 10.8 Å². The second-order valence-electron chi connectivity index (χ2n) is 2.95. The number of carbonyl (C=O) groups is 1. The molecule has 2 nitrogen and oxygen atoms in total. The largest absolute Gasteiger partial charge is 0.478 e. The number of hydrogen-bond donors (Lipinski definition) is 1. The molecule has 0 aliphatic heterocycles. The van der Waals surface area contributed by atoms with Crippen molar-refractivity contribution in [2.75, 3.05) is 0 Å². The Kier molecular flexibility index (Phi) is 4.05. The van der Waals surface area contributed by atoms with Crippen LogP contribution >= 0.6 is 11.6 Å². The molecule has 15 heavy (non-hydrogen) atoms. The van der Waals surface area contributed by atoms with Gasteiger partial charge in [-0.3, -0.25) is 0 Å². The Morgan fingerprint density at radius 2 is 1.73 bits per heavy atom. The summed E-state index contributed by atoms with van der Waals surface area (Å²) in [6, 6.07) is 10.4. The van der Waals surface area contributed by atoms with Gasteiger partial charge in [-0.25, -0.2) is 4.79 Å². The molecular formula is C11H7ClInO2. The van der Waals surface area contributed by atoms with Crippen LogP contribution in [0.1, 0.15) is 10.4 Å². The Bertz CT molecular complexity index is 506. The number of aromatic carboxylic acids is 1. The fourth-order valence-electron chi connectivity index (χ4n) is 1.47. The fraction of sp³-hybridized carbons (Fsp3) is 0. The average Bonchev–Trinajstić information content (AvgIpc) is 2.17. The number of carboxylic acids is 1. The summed E-state index contributed by atoms with van der Waals surface area (Å²) in [7, 11) is 0. The van der Waals surface area contributed by atoms with Gasteiger partial charge in [0, 0.05) is 36.3 Å². The molecule has 0 atom stereocenters. The molecule has 0 aliphatic rings. The zero-order valence-electron chi connectivity index (χ0n) is 7.77. The van der Waals surface area contributed by atoms with E-state index >= 15 is 0 Å². The molecule has 0 spiro atoms. The van der Waals surface area contributed by atoms with Gasteiger partial charge in [-0.15, -0.1) is 0 Å². The van der Waals surface area contributed by atoms with Crippen LogP contribution in [0, 0.1) is 0 Å². The molecule has 0 fully saturated rings. The summed E-state index contributed by atoms with van der Waals surface area (Å²) in [5.41, 5.74) is 0.244. The van der Waals surface area contributed by atoms with Crippen molar-refractivity contribution in [1.82, 2.24) is 0 Å². The maximum Gasteiger partial charge on any atom is 0.336 e. The maximum absolute atomic E-state index is 10.9. The van der Waals surface area contributed by atoms with Crippen molar-refractivity contribution in [3.63, 3.8) is 0 Å². The number of fused-ring (bicyclic) bond motifs is 1. The molecule has 0 amide bonds. The molecule has 0 aliphatic carbocycles. The van der Waals surface area contributed by atoms with E-state index in [9.17, 15) is 4.79 Å². The van der Waals surface area contributed by atoms with Crippen molar-refractivity contribution < 1.29 is 9.90 Å². The summed E-state index contributed by atoms with van der Waals surface area (Å²) in [5, 5.41) is 10.9. The molecule has 73 valence electrons. The van der Waals surface area contributed by atoms with Gasteiger partial charge < -0.3 is 5.11 Å². The van der Waals surface area contributed by atoms with Gasteiger partial charge in [0.25, 0.3) is 0 Å². The minimum atomic E-state index is -0.955. The van der Waals surface area contributed by atoms with E-state index in [1.54, 1.807) is 24.3 Å². The number of hydrogen-bond acceptors (Lipinski definition) is 1. The van der Waals surface area contributed by atoms with Crippen LogP contribution in [0.2, 0.25) is 5.02 Å². The van der Waals surface area contributed by atoms with Crippen LogP contribution in [-0.4, -0.2) is 36.9 Å². The first-order chi connectivity index (χ1) is 6.70. The van der Waals surface area contributed by atoms with Gasteiger partial charge in [0.1, 0.15) is 0 Å². The SMILES string of the molecule is O=C(O)c1cccc2cccc(Cl)c12.[In]. The Morgan fingerprint density at radius 1 is 1.13 bits per heavy atom. The van der Waals surface area contributed by atoms with E-state index in [1.165, 1.54) is 0 Å². The van der Waals surface area contributed by atoms with E-state index in [-0.39, 0.29) is 31.4 Å². The van der Waals surface area contributed by atoms with Crippen LogP contribution in [0.15, 0.2) is 36.4 Å². The zero-order valence-corrected chi connectivity index (χ0v) is 11.8. The zero-order chi connectivity index (χ0) is 10.1. The van der Waals surface area contributed by atoms with Gasteiger partial charge in [0.05, 0.1) is 5.56 Å². The van der Waals surface area contributed by atoms with Crippen molar-refractivity contribution >= 4 is 54.2 Å². The standard InChI is InChI=1S/C11H7ClO2.In/c12-9-6-2-4-7-3-1-5-8(10(7)9)11(13)14;/h1-6H,(H,13,14);. The number of halogens is 1. The van der Waals surface area contributed by atoms with Gasteiger partial charge in [-0.2, -0.15) is 0 Å². The summed E-state index contributed by atoms with van der Waals surface area (Å²) in [5.74, 6) is -0.955. The van der Waals surface area contributed by atoms with Crippen LogP contribution in [-0.2, 0) is 0 Å². The minimum Gasteiger partial charge on any atom is -0.478 e. The Balaban J connectivity index is 0.00000112. The van der Waals surface area contributed by atoms with Crippen LogP contribution in [0.5, 0.6) is 0 Å². The summed E-state index contributed by atoms with van der Waals surface area (Å²) >= 11 is 5.94. The van der Waals surface area contributed by atoms with Crippen LogP contribution < -0.4 is 0 Å². The van der Waals surface area contributed by atoms with E-state index in [1.807, 2.05) is 12.1 Å². The van der Waals surface area contributed by atoms with Crippen molar-refractivity contribution in [2.45, 2.75) is 0 Å². The van der Waals surface area contributed by atoms with Gasteiger partial charge in [0.15, 0.2) is 0 Å². The monoisotopic (exact) mass is 321 g/mol. The molecule has 0 saturated carbocycles. The summed E-state index contributed by atoms with van der Waals surface area (Å²) in [6.07, 6.45) is 0. The van der Waals surface area contributed by atoms with Gasteiger partial charge in [-0.1, -0.05) is 35.9 Å². The first-order valence-corrected chi connectivity index (χ1v) is 4.48. The Labute approximate surface area is 111 Å². The summed E-state index contributed by atoms with van der Waals surface area (Å²) in [4.78, 5) is 10.9. The molecule has 2 aromatic carbocycles. The normalized spacial score (nSPS) is 9.67. The van der Waals surface area contributed by atoms with Crippen LogP contribution in [0.4, 0.5) is 0 Å². The Hall–Kier alpha value is -0.670. The third-order valence-corrected chi connectivity index (χ3v) is 2.40. The predicted molar refractivity (Wildman–Crippen MR) is 61.7 cm³/mol. The fourth-order valence-corrected chi connectivity index (χ4v) is 1.76. The smallest absolute Gasteiger partial charge is 0.336 e. The maximum atomic E-state index is 10.9. The Morgan fingerprint density at radius 3 is 2.33 bits per heavy atom. The third-order valence-electron chi connectivity index (χ3n) is 2.08. The number of carboxylic acid groups (broad SMARTS) is 1. The molecule has 1 N–H and O–H groups in total. The summed E-state index contributed by atoms with van der Waals surface area (Å²) in [6.45, 7) is 0. The first kappa shape index (κ1) is 12.4. The molecular weight excluding hydrogens is 314 g/mol. The summed E-state index contributed by atoms with van der Waals surface area (Å²) < 4.78 is 0. The van der Waals surface area contributed by atoms with Crippen molar-refractivity contribution in [3.05, 3.63) is 47.0 Å². The molecule has 0 aromatic heterocycles. The van der Waals surface area contributed by atoms with E-state index < -0.39 is 5.97 Å². The molecule has 0 saturated heterocycles. The van der Waals surface area contributed by atoms with Crippen molar-refractivity contribution in [1.29, 1.82) is 0 Å². The second-order valence-corrected chi connectivity index (χ2v) is 3.36. The van der Waals surface area contributed by atoms with Gasteiger partial charge >= 0.3 is 5.97 Å². The molecule has 3 radical (unpaired) electrons. The predicted octanol–water partition coefficient (Wildman–Crippen LogP) is 2.81. The van der Waals surface area contributed by atoms with Gasteiger partial charge in [-0.05, 0) is 17.5 Å². The number of benzene rings is 2. The van der Waals surface area contributed by atoms with Gasteiger partial charge in [0.2, 0.25) is 0 Å².